The summed E-state index contributed by atoms with van der Waals surface area (Å²) >= 11 is 7.38. The number of nitrogens with one attached hydrogen (secondary N) is 1. The average Bonchev–Trinajstić information content (AvgIpc) is 2.78. The Morgan fingerprint density at radius 1 is 1.45 bits per heavy atom. The summed E-state index contributed by atoms with van der Waals surface area (Å²) in [5.41, 5.74) is 2.72. The standard InChI is InChI=1S/C14H13ClN2O2S/c1-8-7-20-13(12(8)15)14(18)16-11-5-3-4-10(6-11)9(2)17-19/h3-7,19H,1-2H3,(H,16,18)/b17-9-. The molecule has 1 amide bonds. The Bertz CT molecular complexity index is 680. The summed E-state index contributed by atoms with van der Waals surface area (Å²) in [5, 5.41) is 17.0. The lowest BCUT2D eigenvalue weighted by Crippen LogP contribution is -2.11. The molecule has 2 aromatic rings. The van der Waals surface area contributed by atoms with Crippen molar-refractivity contribution in [2.75, 3.05) is 5.32 Å². The predicted molar refractivity (Wildman–Crippen MR) is 82.5 cm³/mol. The van der Waals surface area contributed by atoms with Gasteiger partial charge >= 0.3 is 0 Å². The highest BCUT2D eigenvalue weighted by atomic mass is 35.5. The van der Waals surface area contributed by atoms with Crippen LogP contribution in [0.5, 0.6) is 0 Å². The number of benzene rings is 1. The van der Waals surface area contributed by atoms with Crippen molar-refractivity contribution in [2.45, 2.75) is 13.8 Å². The van der Waals surface area contributed by atoms with Crippen molar-refractivity contribution in [1.29, 1.82) is 0 Å². The van der Waals surface area contributed by atoms with Gasteiger partial charge in [-0.05, 0) is 36.9 Å². The normalized spacial score (nSPS) is 11.4. The first-order valence-corrected chi connectivity index (χ1v) is 7.12. The number of hydrogen-bond donors (Lipinski definition) is 2. The van der Waals surface area contributed by atoms with Gasteiger partial charge in [0, 0.05) is 11.3 Å². The molecule has 0 aliphatic rings. The molecule has 0 saturated carbocycles. The predicted octanol–water partition coefficient (Wildman–Crippen LogP) is 4.16. The number of carbonyl (C=O) groups is 1. The fraction of sp³-hybridized carbons (Fsp3) is 0.143. The van der Waals surface area contributed by atoms with E-state index in [-0.39, 0.29) is 5.91 Å². The second-order valence-electron chi connectivity index (χ2n) is 4.28. The Hall–Kier alpha value is -1.85. The molecule has 1 aromatic heterocycles. The van der Waals surface area contributed by atoms with Gasteiger partial charge in [0.1, 0.15) is 4.88 Å². The van der Waals surface area contributed by atoms with Crippen LogP contribution in [0.1, 0.15) is 27.7 Å². The highest BCUT2D eigenvalue weighted by Gasteiger charge is 2.14. The molecule has 0 radical (unpaired) electrons. The quantitative estimate of drug-likeness (QED) is 0.508. The van der Waals surface area contributed by atoms with Crippen LogP contribution >= 0.6 is 22.9 Å². The molecule has 1 aromatic carbocycles. The van der Waals surface area contributed by atoms with E-state index in [4.69, 9.17) is 16.8 Å². The summed E-state index contributed by atoms with van der Waals surface area (Å²) in [6.07, 6.45) is 0. The molecule has 0 unspecified atom stereocenters. The van der Waals surface area contributed by atoms with Gasteiger partial charge in [-0.25, -0.2) is 0 Å². The first-order chi connectivity index (χ1) is 9.52. The number of halogens is 1. The van der Waals surface area contributed by atoms with E-state index in [9.17, 15) is 4.79 Å². The van der Waals surface area contributed by atoms with Crippen LogP contribution in [0.15, 0.2) is 34.8 Å². The number of amides is 1. The molecule has 0 aliphatic heterocycles. The zero-order chi connectivity index (χ0) is 14.7. The molecule has 6 heteroatoms. The number of anilines is 1. The van der Waals surface area contributed by atoms with Crippen LogP contribution in [0.25, 0.3) is 0 Å². The summed E-state index contributed by atoms with van der Waals surface area (Å²) in [6, 6.07) is 7.08. The maximum absolute atomic E-state index is 12.1. The summed E-state index contributed by atoms with van der Waals surface area (Å²) in [7, 11) is 0. The maximum atomic E-state index is 12.1. The Labute approximate surface area is 125 Å². The van der Waals surface area contributed by atoms with Gasteiger partial charge in [-0.3, -0.25) is 4.79 Å². The molecule has 4 nitrogen and oxygen atoms in total. The Balaban J connectivity index is 2.22. The molecule has 0 fully saturated rings. The van der Waals surface area contributed by atoms with Crippen molar-refractivity contribution < 1.29 is 10.0 Å². The molecular weight excluding hydrogens is 296 g/mol. The summed E-state index contributed by atoms with van der Waals surface area (Å²) in [5.74, 6) is -0.246. The Morgan fingerprint density at radius 2 is 2.20 bits per heavy atom. The second kappa shape index (κ2) is 6.07. The van der Waals surface area contributed by atoms with Crippen molar-refractivity contribution in [3.63, 3.8) is 0 Å². The van der Waals surface area contributed by atoms with E-state index >= 15 is 0 Å². The van der Waals surface area contributed by atoms with Crippen LogP contribution in [-0.2, 0) is 0 Å². The van der Waals surface area contributed by atoms with Crippen molar-refractivity contribution >= 4 is 40.2 Å². The van der Waals surface area contributed by atoms with Crippen molar-refractivity contribution in [3.05, 3.63) is 50.7 Å². The lowest BCUT2D eigenvalue weighted by Gasteiger charge is -2.06. The van der Waals surface area contributed by atoms with Crippen LogP contribution in [0, 0.1) is 6.92 Å². The molecule has 0 aliphatic carbocycles. The van der Waals surface area contributed by atoms with E-state index in [1.165, 1.54) is 11.3 Å². The largest absolute Gasteiger partial charge is 0.411 e. The molecule has 20 heavy (non-hydrogen) atoms. The van der Waals surface area contributed by atoms with Gasteiger partial charge in [0.15, 0.2) is 0 Å². The minimum Gasteiger partial charge on any atom is -0.411 e. The zero-order valence-corrected chi connectivity index (χ0v) is 12.5. The number of aryl methyl sites for hydroxylation is 1. The summed E-state index contributed by atoms with van der Waals surface area (Å²) in [6.45, 7) is 3.54. The lowest BCUT2D eigenvalue weighted by molar-refractivity contribution is 0.103. The molecule has 2 N–H and O–H groups in total. The fourth-order valence-electron chi connectivity index (χ4n) is 1.65. The van der Waals surface area contributed by atoms with Crippen LogP contribution in [-0.4, -0.2) is 16.8 Å². The number of nitrogens with zero attached hydrogens (tertiary/aromatic N) is 1. The molecule has 1 heterocycles. The van der Waals surface area contributed by atoms with E-state index in [1.807, 2.05) is 12.3 Å². The van der Waals surface area contributed by atoms with Gasteiger partial charge in [-0.1, -0.05) is 28.9 Å². The van der Waals surface area contributed by atoms with Gasteiger partial charge in [-0.2, -0.15) is 0 Å². The van der Waals surface area contributed by atoms with E-state index in [2.05, 4.69) is 10.5 Å². The van der Waals surface area contributed by atoms with Crippen molar-refractivity contribution in [2.24, 2.45) is 5.16 Å². The van der Waals surface area contributed by atoms with E-state index in [0.717, 1.165) is 11.1 Å². The third-order valence-electron chi connectivity index (χ3n) is 2.79. The number of carbonyl (C=O) groups excluding carboxylic acids is 1. The highest BCUT2D eigenvalue weighted by molar-refractivity contribution is 7.13. The van der Waals surface area contributed by atoms with Crippen LogP contribution in [0.4, 0.5) is 5.69 Å². The third kappa shape index (κ3) is 3.00. The molecule has 104 valence electrons. The summed E-state index contributed by atoms with van der Waals surface area (Å²) < 4.78 is 0. The SMILES string of the molecule is C/C(=N/O)c1cccc(NC(=O)c2scc(C)c2Cl)c1. The molecule has 0 spiro atoms. The maximum Gasteiger partial charge on any atom is 0.267 e. The Morgan fingerprint density at radius 3 is 2.80 bits per heavy atom. The smallest absolute Gasteiger partial charge is 0.267 e. The van der Waals surface area contributed by atoms with Crippen LogP contribution in [0.3, 0.4) is 0 Å². The third-order valence-corrected chi connectivity index (χ3v) is 4.49. The van der Waals surface area contributed by atoms with E-state index < -0.39 is 0 Å². The van der Waals surface area contributed by atoms with Gasteiger partial charge in [0.05, 0.1) is 10.7 Å². The van der Waals surface area contributed by atoms with Gasteiger partial charge in [0.25, 0.3) is 5.91 Å². The lowest BCUT2D eigenvalue weighted by atomic mass is 10.1. The molecular formula is C14H13ClN2O2S. The van der Waals surface area contributed by atoms with Crippen molar-refractivity contribution in [1.82, 2.24) is 0 Å². The van der Waals surface area contributed by atoms with Crippen molar-refractivity contribution in [3.8, 4) is 0 Å². The first-order valence-electron chi connectivity index (χ1n) is 5.87. The van der Waals surface area contributed by atoms with Gasteiger partial charge in [-0.15, -0.1) is 11.3 Å². The first kappa shape index (κ1) is 14.6. The summed E-state index contributed by atoms with van der Waals surface area (Å²) in [4.78, 5) is 12.6. The molecule has 0 atom stereocenters. The molecule has 0 saturated heterocycles. The molecule has 0 bridgehead atoms. The molecule has 2 rings (SSSR count). The average molecular weight is 309 g/mol. The number of rotatable bonds is 3. The number of thiophene rings is 1. The fourth-order valence-corrected chi connectivity index (χ4v) is 2.82. The van der Waals surface area contributed by atoms with E-state index in [0.29, 0.717) is 21.3 Å². The number of oxime groups is 1. The monoisotopic (exact) mass is 308 g/mol. The topological polar surface area (TPSA) is 61.7 Å². The highest BCUT2D eigenvalue weighted by Crippen LogP contribution is 2.28. The van der Waals surface area contributed by atoms with Gasteiger partial charge < -0.3 is 10.5 Å². The van der Waals surface area contributed by atoms with Crippen LogP contribution in [0.2, 0.25) is 5.02 Å². The van der Waals surface area contributed by atoms with Crippen LogP contribution < -0.4 is 5.32 Å². The zero-order valence-electron chi connectivity index (χ0n) is 11.0. The second-order valence-corrected chi connectivity index (χ2v) is 5.54. The van der Waals surface area contributed by atoms with Gasteiger partial charge in [0.2, 0.25) is 0 Å². The van der Waals surface area contributed by atoms with E-state index in [1.54, 1.807) is 31.2 Å². The minimum absolute atomic E-state index is 0.246. The number of hydrogen-bond acceptors (Lipinski definition) is 4. The minimum atomic E-state index is -0.246. The Kier molecular flexibility index (Phi) is 4.42.